The van der Waals surface area contributed by atoms with Gasteiger partial charge in [-0.25, -0.2) is 0 Å². The van der Waals surface area contributed by atoms with E-state index in [4.69, 9.17) is 15.1 Å². The van der Waals surface area contributed by atoms with Gasteiger partial charge in [-0.1, -0.05) is 31.7 Å². The van der Waals surface area contributed by atoms with E-state index in [-0.39, 0.29) is 11.3 Å². The maximum Gasteiger partial charge on any atom is 0.115 e. The lowest BCUT2D eigenvalue weighted by atomic mass is 10.1. The second kappa shape index (κ2) is 4.81. The Morgan fingerprint density at radius 3 is 2.75 bits per heavy atom. The monoisotopic (exact) mass is 175 g/mol. The maximum atomic E-state index is 9.20. The first-order valence-electron chi connectivity index (χ1n) is 8.79. The van der Waals surface area contributed by atoms with Crippen molar-refractivity contribution in [1.29, 1.82) is 0 Å². The van der Waals surface area contributed by atoms with Crippen molar-refractivity contribution in [3.05, 3.63) is 29.8 Å². The van der Waals surface area contributed by atoms with Gasteiger partial charge in [0.05, 0.1) is 0 Å². The third kappa shape index (κ3) is 2.95. The molecule has 66 valence electrons. The fraction of sp³-hybridized carbons (Fsp3) is 0.455. The Labute approximate surface area is 89.5 Å². The van der Waals surface area contributed by atoms with Crippen molar-refractivity contribution in [2.75, 3.05) is 0 Å². The van der Waals surface area contributed by atoms with Crippen molar-refractivity contribution in [3.8, 4) is 5.75 Å². The lowest BCUT2D eigenvalue weighted by molar-refractivity contribution is 0.475. The van der Waals surface area contributed by atoms with Gasteiger partial charge < -0.3 is 5.11 Å². The van der Waals surface area contributed by atoms with Crippen molar-refractivity contribution in [2.45, 2.75) is 32.3 Å². The van der Waals surface area contributed by atoms with Gasteiger partial charge in [0.1, 0.15) is 5.75 Å². The molecule has 1 N–H and O–H groups in total. The highest BCUT2D eigenvalue weighted by Crippen LogP contribution is 2.12. The summed E-state index contributed by atoms with van der Waals surface area (Å²) in [6, 6.07) is 4.18. The molecule has 0 atom stereocenters. The van der Waals surface area contributed by atoms with Gasteiger partial charge in [0.15, 0.2) is 0 Å². The van der Waals surface area contributed by atoms with Crippen LogP contribution in [0, 0.1) is 0 Å². The normalized spacial score (nSPS) is 29.5. The molecule has 0 saturated carbocycles. The minimum Gasteiger partial charge on any atom is -0.508 e. The van der Waals surface area contributed by atoms with Crippen LogP contribution in [0.15, 0.2) is 24.3 Å². The SMILES string of the molecule is [2H]C([2H])([2H])C([2H])([2H])C([2H])([2H])C([2H])([2H])C([2H])([2H])c1ccc(O)cc1. The zero-order chi connectivity index (χ0) is 18.5. The highest BCUT2D eigenvalue weighted by molar-refractivity contribution is 5.25. The minimum atomic E-state index is -3.67. The van der Waals surface area contributed by atoms with Crippen LogP contribution in [0.4, 0.5) is 0 Å². The summed E-state index contributed by atoms with van der Waals surface area (Å²) in [4.78, 5) is 0. The van der Waals surface area contributed by atoms with E-state index in [1.807, 2.05) is 0 Å². The molecule has 1 aromatic carbocycles. The number of benzene rings is 1. The second-order valence-corrected chi connectivity index (χ2v) is 2.05. The Morgan fingerprint density at radius 1 is 1.33 bits per heavy atom. The molecule has 0 aromatic heterocycles. The van der Waals surface area contributed by atoms with Gasteiger partial charge in [0.25, 0.3) is 0 Å². The average Bonchev–Trinajstić information content (AvgIpc) is 2.37. The van der Waals surface area contributed by atoms with E-state index in [0.29, 0.717) is 0 Å². The highest BCUT2D eigenvalue weighted by Gasteiger charge is 1.92. The van der Waals surface area contributed by atoms with Crippen LogP contribution in [0.1, 0.15) is 46.6 Å². The Kier molecular flexibility index (Phi) is 0.914. The van der Waals surface area contributed by atoms with Crippen LogP contribution in [-0.2, 0) is 6.37 Å². The van der Waals surface area contributed by atoms with Crippen molar-refractivity contribution < 1.29 is 20.2 Å². The quantitative estimate of drug-likeness (QED) is 0.745. The lowest BCUT2D eigenvalue weighted by Crippen LogP contribution is -1.83. The molecule has 0 aliphatic carbocycles. The Hall–Kier alpha value is -0.980. The van der Waals surface area contributed by atoms with E-state index in [0.717, 1.165) is 24.3 Å². The zero-order valence-corrected chi connectivity index (χ0v) is 6.26. The molecule has 0 bridgehead atoms. The molecule has 1 rings (SSSR count). The summed E-state index contributed by atoms with van der Waals surface area (Å²) < 4.78 is 83.2. The Morgan fingerprint density at radius 2 is 2.08 bits per heavy atom. The number of phenols is 1. The van der Waals surface area contributed by atoms with Gasteiger partial charge in [0.2, 0.25) is 0 Å². The lowest BCUT2D eigenvalue weighted by Gasteiger charge is -1.99. The van der Waals surface area contributed by atoms with E-state index in [9.17, 15) is 5.11 Å². The van der Waals surface area contributed by atoms with E-state index in [1.54, 1.807) is 0 Å². The third-order valence-corrected chi connectivity index (χ3v) is 1.20. The van der Waals surface area contributed by atoms with Crippen LogP contribution in [-0.4, -0.2) is 5.11 Å². The molecular weight excluding hydrogens is 148 g/mol. The van der Waals surface area contributed by atoms with Crippen molar-refractivity contribution in [1.82, 2.24) is 0 Å². The molecule has 1 heteroatoms. The summed E-state index contributed by atoms with van der Waals surface area (Å²) >= 11 is 0. The number of hydrogen-bond acceptors (Lipinski definition) is 1. The first-order valence-corrected chi connectivity index (χ1v) is 3.29. The molecule has 0 radical (unpaired) electrons. The summed E-state index contributed by atoms with van der Waals surface area (Å²) in [5.41, 5.74) is -0.356. The average molecular weight is 175 g/mol. The molecule has 1 aromatic rings. The predicted molar refractivity (Wildman–Crippen MR) is 51.3 cm³/mol. The molecule has 0 fully saturated rings. The maximum absolute atomic E-state index is 9.20. The summed E-state index contributed by atoms with van der Waals surface area (Å²) in [5, 5.41) is 9.20. The summed E-state index contributed by atoms with van der Waals surface area (Å²) in [6.45, 7) is -3.49. The molecule has 0 spiro atoms. The largest absolute Gasteiger partial charge is 0.508 e. The smallest absolute Gasteiger partial charge is 0.115 e. The molecule has 12 heavy (non-hydrogen) atoms. The predicted octanol–water partition coefficient (Wildman–Crippen LogP) is 3.12. The number of aryl methyl sites for hydroxylation is 1. The topological polar surface area (TPSA) is 20.2 Å². The van der Waals surface area contributed by atoms with Crippen molar-refractivity contribution >= 4 is 0 Å². The number of aromatic hydroxyl groups is 1. The van der Waals surface area contributed by atoms with Crippen LogP contribution in [0.3, 0.4) is 0 Å². The first kappa shape index (κ1) is 2.28. The number of rotatable bonds is 4. The summed E-state index contributed by atoms with van der Waals surface area (Å²) in [5.74, 6) is -0.217. The van der Waals surface area contributed by atoms with Gasteiger partial charge >= 0.3 is 0 Å². The van der Waals surface area contributed by atoms with Crippen molar-refractivity contribution in [2.24, 2.45) is 0 Å². The van der Waals surface area contributed by atoms with E-state index < -0.39 is 32.3 Å². The number of phenolic OH excluding ortho intramolecular Hbond substituents is 1. The molecular formula is C11H16O. The molecule has 0 aliphatic rings. The fourth-order valence-electron chi connectivity index (χ4n) is 0.679. The Balaban J connectivity index is 3.45. The van der Waals surface area contributed by atoms with E-state index >= 15 is 0 Å². The van der Waals surface area contributed by atoms with E-state index in [1.165, 1.54) is 0 Å². The first-order chi connectivity index (χ1) is 10.00. The molecule has 0 unspecified atom stereocenters. The Bertz CT molecular complexity index is 558. The molecule has 0 aliphatic heterocycles. The van der Waals surface area contributed by atoms with Gasteiger partial charge in [-0.05, 0) is 30.4 Å². The van der Waals surface area contributed by atoms with Crippen LogP contribution >= 0.6 is 0 Å². The van der Waals surface area contributed by atoms with Crippen LogP contribution in [0.5, 0.6) is 5.75 Å². The standard InChI is InChI=1S/C11H16O/c1-2-3-4-5-10-6-8-11(12)9-7-10/h6-9,12H,2-5H2,1H3/i1D3,2D2,3D2,4D2,5D2. The minimum absolute atomic E-state index is 0.217. The van der Waals surface area contributed by atoms with Crippen LogP contribution in [0.2, 0.25) is 0 Å². The van der Waals surface area contributed by atoms with Crippen molar-refractivity contribution in [3.63, 3.8) is 0 Å². The molecule has 0 heterocycles. The fourth-order valence-corrected chi connectivity index (χ4v) is 0.679. The van der Waals surface area contributed by atoms with Crippen LogP contribution < -0.4 is 0 Å². The van der Waals surface area contributed by atoms with Gasteiger partial charge in [-0.2, -0.15) is 0 Å². The van der Waals surface area contributed by atoms with Gasteiger partial charge in [0, 0.05) is 15.1 Å². The number of hydrogen-bond donors (Lipinski definition) is 1. The third-order valence-electron chi connectivity index (χ3n) is 1.20. The summed E-state index contributed by atoms with van der Waals surface area (Å²) in [6.07, 6.45) is -13.9. The summed E-state index contributed by atoms with van der Waals surface area (Å²) in [7, 11) is 0. The van der Waals surface area contributed by atoms with Gasteiger partial charge in [-0.15, -0.1) is 0 Å². The molecule has 0 saturated heterocycles. The highest BCUT2D eigenvalue weighted by atomic mass is 16.3. The second-order valence-electron chi connectivity index (χ2n) is 2.05. The zero-order valence-electron chi connectivity index (χ0n) is 17.3. The van der Waals surface area contributed by atoms with Crippen LogP contribution in [0.25, 0.3) is 0 Å². The van der Waals surface area contributed by atoms with E-state index in [2.05, 4.69) is 0 Å². The van der Waals surface area contributed by atoms with Gasteiger partial charge in [-0.3, -0.25) is 0 Å². The molecule has 0 amide bonds. The molecule has 1 nitrogen and oxygen atoms in total.